The number of benzene rings is 1. The number of hydrogen-bond donors (Lipinski definition) is 0. The third-order valence-corrected chi connectivity index (χ3v) is 7.78. The highest BCUT2D eigenvalue weighted by Gasteiger charge is 2.32. The minimum absolute atomic E-state index is 1.11. The molecule has 146 valence electrons. The number of aromatic nitrogens is 1. The maximum Gasteiger partial charge on any atom is 0.124 e. The first kappa shape index (κ1) is 19.1. The van der Waals surface area contributed by atoms with E-state index >= 15 is 0 Å². The summed E-state index contributed by atoms with van der Waals surface area (Å²) in [6.07, 6.45) is 8.31. The van der Waals surface area contributed by atoms with Crippen molar-refractivity contribution in [2.45, 2.75) is 51.6 Å². The average Bonchev–Trinajstić information content (AvgIpc) is 3.05. The molecule has 3 nitrogen and oxygen atoms in total. The van der Waals surface area contributed by atoms with Crippen molar-refractivity contribution in [2.24, 2.45) is 0 Å². The van der Waals surface area contributed by atoms with Crippen molar-refractivity contribution in [3.63, 3.8) is 0 Å². The van der Waals surface area contributed by atoms with Gasteiger partial charge in [0.25, 0.3) is 0 Å². The molecule has 4 rings (SSSR count). The van der Waals surface area contributed by atoms with Gasteiger partial charge in [-0.15, -0.1) is 11.3 Å². The Balaban J connectivity index is 1.63. The SMILES string of the molecule is C[N+]1(Cc2nc(-c3ccccc3)sc2C[N+]2(C)CCCCC2)CCCCC1. The highest BCUT2D eigenvalue weighted by molar-refractivity contribution is 7.15. The van der Waals surface area contributed by atoms with Gasteiger partial charge in [-0.05, 0) is 38.5 Å². The topological polar surface area (TPSA) is 12.9 Å². The fourth-order valence-corrected chi connectivity index (χ4v) is 6.16. The van der Waals surface area contributed by atoms with Gasteiger partial charge >= 0.3 is 0 Å². The smallest absolute Gasteiger partial charge is 0.124 e. The van der Waals surface area contributed by atoms with Crippen LogP contribution in [0.5, 0.6) is 0 Å². The first-order valence-corrected chi connectivity index (χ1v) is 11.6. The second-order valence-electron chi connectivity index (χ2n) is 9.33. The molecule has 0 unspecified atom stereocenters. The average molecular weight is 386 g/mol. The zero-order chi connectivity index (χ0) is 18.7. The summed E-state index contributed by atoms with van der Waals surface area (Å²) in [5.74, 6) is 0. The molecule has 0 atom stereocenters. The maximum absolute atomic E-state index is 5.21. The molecule has 0 radical (unpaired) electrons. The molecule has 0 N–H and O–H groups in total. The number of hydrogen-bond acceptors (Lipinski definition) is 2. The summed E-state index contributed by atoms with van der Waals surface area (Å²) in [6.45, 7) is 7.54. The van der Waals surface area contributed by atoms with E-state index in [0.717, 1.165) is 6.54 Å². The van der Waals surface area contributed by atoms with Crippen LogP contribution in [0.1, 0.15) is 49.1 Å². The van der Waals surface area contributed by atoms with Gasteiger partial charge in [-0.2, -0.15) is 0 Å². The lowest BCUT2D eigenvalue weighted by atomic mass is 10.1. The molecule has 0 aliphatic carbocycles. The highest BCUT2D eigenvalue weighted by Crippen LogP contribution is 2.33. The molecule has 4 heteroatoms. The van der Waals surface area contributed by atoms with Crippen molar-refractivity contribution in [3.8, 4) is 10.6 Å². The molecular formula is C23H35N3S+2. The van der Waals surface area contributed by atoms with Crippen LogP contribution in [0.25, 0.3) is 10.6 Å². The Bertz CT molecular complexity index is 697. The molecule has 0 spiro atoms. The van der Waals surface area contributed by atoms with E-state index in [1.165, 1.54) is 96.5 Å². The number of piperidine rings is 2. The summed E-state index contributed by atoms with van der Waals surface area (Å²) >= 11 is 1.96. The van der Waals surface area contributed by atoms with Crippen LogP contribution in [0.2, 0.25) is 0 Å². The predicted molar refractivity (Wildman–Crippen MR) is 114 cm³/mol. The summed E-state index contributed by atoms with van der Waals surface area (Å²) in [6, 6.07) is 10.8. The fraction of sp³-hybridized carbons (Fsp3) is 0.609. The summed E-state index contributed by atoms with van der Waals surface area (Å²) in [4.78, 5) is 6.75. The van der Waals surface area contributed by atoms with E-state index < -0.39 is 0 Å². The van der Waals surface area contributed by atoms with Crippen LogP contribution in [0.3, 0.4) is 0 Å². The molecule has 2 aliphatic rings. The third kappa shape index (κ3) is 4.61. The lowest BCUT2D eigenvalue weighted by molar-refractivity contribution is -0.930. The second kappa shape index (κ2) is 8.02. The number of rotatable bonds is 5. The number of likely N-dealkylation sites (tertiary alicyclic amines) is 2. The predicted octanol–water partition coefficient (Wildman–Crippen LogP) is 5.07. The Kier molecular flexibility index (Phi) is 5.68. The van der Waals surface area contributed by atoms with Crippen LogP contribution in [0.4, 0.5) is 0 Å². The minimum Gasteiger partial charge on any atom is -0.322 e. The molecule has 0 saturated carbocycles. The number of quaternary nitrogens is 2. The zero-order valence-corrected chi connectivity index (χ0v) is 17.9. The number of thiazole rings is 1. The van der Waals surface area contributed by atoms with E-state index in [-0.39, 0.29) is 0 Å². The summed E-state index contributed by atoms with van der Waals surface area (Å²) in [5.41, 5.74) is 2.66. The van der Waals surface area contributed by atoms with Gasteiger partial charge in [0.15, 0.2) is 0 Å². The summed E-state index contributed by atoms with van der Waals surface area (Å²) in [7, 11) is 4.91. The molecule has 1 aromatic heterocycles. The molecular weight excluding hydrogens is 350 g/mol. The van der Waals surface area contributed by atoms with E-state index in [0.29, 0.717) is 0 Å². The van der Waals surface area contributed by atoms with Crippen molar-refractivity contribution in [3.05, 3.63) is 40.9 Å². The molecule has 2 aromatic rings. The quantitative estimate of drug-likeness (QED) is 0.655. The monoisotopic (exact) mass is 385 g/mol. The van der Waals surface area contributed by atoms with E-state index in [2.05, 4.69) is 44.4 Å². The van der Waals surface area contributed by atoms with Crippen molar-refractivity contribution >= 4 is 11.3 Å². The Morgan fingerprint density at radius 3 is 1.93 bits per heavy atom. The van der Waals surface area contributed by atoms with E-state index in [9.17, 15) is 0 Å². The first-order valence-electron chi connectivity index (χ1n) is 10.8. The van der Waals surface area contributed by atoms with E-state index in [4.69, 9.17) is 4.98 Å². The normalized spacial score (nSPS) is 21.9. The van der Waals surface area contributed by atoms with E-state index in [1.54, 1.807) is 4.88 Å². The lowest BCUT2D eigenvalue weighted by Crippen LogP contribution is -2.48. The highest BCUT2D eigenvalue weighted by atomic mass is 32.1. The van der Waals surface area contributed by atoms with Gasteiger partial charge in [0, 0.05) is 5.56 Å². The number of nitrogens with zero attached hydrogens (tertiary/aromatic N) is 3. The molecule has 0 amide bonds. The van der Waals surface area contributed by atoms with E-state index in [1.807, 2.05) is 11.3 Å². The van der Waals surface area contributed by atoms with Crippen LogP contribution in [-0.2, 0) is 13.1 Å². The van der Waals surface area contributed by atoms with Gasteiger partial charge in [-0.25, -0.2) is 4.98 Å². The van der Waals surface area contributed by atoms with Crippen LogP contribution in [0.15, 0.2) is 30.3 Å². The van der Waals surface area contributed by atoms with Gasteiger partial charge in [0.1, 0.15) is 23.8 Å². The van der Waals surface area contributed by atoms with Gasteiger partial charge < -0.3 is 8.97 Å². The Morgan fingerprint density at radius 2 is 1.33 bits per heavy atom. The largest absolute Gasteiger partial charge is 0.322 e. The van der Waals surface area contributed by atoms with Crippen LogP contribution >= 0.6 is 11.3 Å². The molecule has 2 saturated heterocycles. The zero-order valence-electron chi connectivity index (χ0n) is 17.1. The Morgan fingerprint density at radius 1 is 0.778 bits per heavy atom. The van der Waals surface area contributed by atoms with Crippen molar-refractivity contribution < 1.29 is 8.97 Å². The Labute approximate surface area is 168 Å². The molecule has 2 aliphatic heterocycles. The Hall–Kier alpha value is -1.23. The molecule has 1 aromatic carbocycles. The van der Waals surface area contributed by atoms with Gasteiger partial charge in [0.2, 0.25) is 0 Å². The maximum atomic E-state index is 5.21. The molecule has 0 bridgehead atoms. The van der Waals surface area contributed by atoms with Crippen molar-refractivity contribution in [1.29, 1.82) is 0 Å². The third-order valence-electron chi connectivity index (χ3n) is 6.65. The van der Waals surface area contributed by atoms with Gasteiger partial charge in [-0.3, -0.25) is 0 Å². The molecule has 27 heavy (non-hydrogen) atoms. The first-order chi connectivity index (χ1) is 13.1. The van der Waals surface area contributed by atoms with Crippen LogP contribution in [0, 0.1) is 0 Å². The summed E-state index contributed by atoms with van der Waals surface area (Å²) in [5, 5.41) is 1.22. The van der Waals surface area contributed by atoms with Gasteiger partial charge in [0.05, 0.1) is 45.2 Å². The standard InChI is InChI=1S/C23H35N3S/c1-25(14-8-4-9-15-25)18-21-22(19-26(2)16-10-5-11-17-26)27-23(24-21)20-12-6-3-7-13-20/h3,6-7,12-13H,4-5,8-11,14-19H2,1-2H3/q+2. The second-order valence-corrected chi connectivity index (χ2v) is 10.4. The van der Waals surface area contributed by atoms with Crippen LogP contribution < -0.4 is 0 Å². The molecule has 3 heterocycles. The van der Waals surface area contributed by atoms with Crippen LogP contribution in [-0.4, -0.2) is 54.2 Å². The fourth-order valence-electron chi connectivity index (χ4n) is 4.91. The lowest BCUT2D eigenvalue weighted by Gasteiger charge is -2.39. The van der Waals surface area contributed by atoms with Crippen molar-refractivity contribution in [2.75, 3.05) is 40.3 Å². The summed E-state index contributed by atoms with van der Waals surface area (Å²) < 4.78 is 2.38. The van der Waals surface area contributed by atoms with Crippen molar-refractivity contribution in [1.82, 2.24) is 4.98 Å². The molecule has 2 fully saturated rings. The van der Waals surface area contributed by atoms with Gasteiger partial charge in [-0.1, -0.05) is 30.3 Å². The minimum atomic E-state index is 1.11.